The molecular weight excluding hydrogens is 368 g/mol. The van der Waals surface area contributed by atoms with E-state index in [2.05, 4.69) is 15.9 Å². The monoisotopic (exact) mass is 376 g/mol. The van der Waals surface area contributed by atoms with Crippen LogP contribution in [-0.4, -0.2) is 13.5 Å². The van der Waals surface area contributed by atoms with Crippen molar-refractivity contribution >= 4 is 37.6 Å². The third-order valence-electron chi connectivity index (χ3n) is 2.48. The van der Waals surface area contributed by atoms with Gasteiger partial charge in [-0.2, -0.15) is 8.42 Å². The second-order valence-corrected chi connectivity index (χ2v) is 6.75. The Kier molecular flexibility index (Phi) is 4.70. The van der Waals surface area contributed by atoms with Gasteiger partial charge >= 0.3 is 10.1 Å². The van der Waals surface area contributed by atoms with Crippen LogP contribution in [0.5, 0.6) is 5.75 Å². The molecule has 106 valence electrons. The number of rotatable bonds is 4. The highest BCUT2D eigenvalue weighted by Crippen LogP contribution is 2.29. The predicted octanol–water partition coefficient (Wildman–Crippen LogP) is 3.36. The van der Waals surface area contributed by atoms with E-state index in [1.54, 1.807) is 12.1 Å². The second-order valence-electron chi connectivity index (χ2n) is 3.91. The standard InChI is InChI=1S/C13H10BrClO4S/c14-12-7-9(8-16)1-6-13(12)19-20(17,18)11-4-2-10(15)3-5-11/h1-7,16H,8H2. The van der Waals surface area contributed by atoms with Gasteiger partial charge in [0.2, 0.25) is 0 Å². The molecule has 0 aliphatic rings. The van der Waals surface area contributed by atoms with Gasteiger partial charge in [-0.15, -0.1) is 0 Å². The molecule has 0 aliphatic heterocycles. The number of hydrogen-bond acceptors (Lipinski definition) is 4. The molecule has 0 spiro atoms. The van der Waals surface area contributed by atoms with Crippen molar-refractivity contribution in [2.24, 2.45) is 0 Å². The first-order valence-electron chi connectivity index (χ1n) is 5.52. The van der Waals surface area contributed by atoms with Crippen LogP contribution in [0, 0.1) is 0 Å². The summed E-state index contributed by atoms with van der Waals surface area (Å²) in [5.41, 5.74) is 0.646. The summed E-state index contributed by atoms with van der Waals surface area (Å²) in [6, 6.07) is 10.3. The molecule has 20 heavy (non-hydrogen) atoms. The summed E-state index contributed by atoms with van der Waals surface area (Å²) in [5, 5.41) is 9.44. The molecule has 1 N–H and O–H groups in total. The van der Waals surface area contributed by atoms with Gasteiger partial charge in [-0.25, -0.2) is 0 Å². The summed E-state index contributed by atoms with van der Waals surface area (Å²) in [6.45, 7) is -0.136. The maximum atomic E-state index is 12.1. The van der Waals surface area contributed by atoms with E-state index in [0.717, 1.165) is 0 Å². The van der Waals surface area contributed by atoms with Crippen molar-refractivity contribution in [1.29, 1.82) is 0 Å². The quantitative estimate of drug-likeness (QED) is 0.830. The van der Waals surface area contributed by atoms with Crippen molar-refractivity contribution in [3.8, 4) is 5.75 Å². The minimum absolute atomic E-state index is 0.0139. The minimum atomic E-state index is -3.92. The molecule has 7 heteroatoms. The Morgan fingerprint density at radius 1 is 1.15 bits per heavy atom. The van der Waals surface area contributed by atoms with Crippen molar-refractivity contribution in [3.05, 3.63) is 57.5 Å². The van der Waals surface area contributed by atoms with E-state index in [0.29, 0.717) is 15.1 Å². The van der Waals surface area contributed by atoms with E-state index in [-0.39, 0.29) is 17.3 Å². The van der Waals surface area contributed by atoms with Crippen LogP contribution in [0.3, 0.4) is 0 Å². The number of aliphatic hydroxyl groups is 1. The second kappa shape index (κ2) is 6.13. The minimum Gasteiger partial charge on any atom is -0.392 e. The zero-order chi connectivity index (χ0) is 14.8. The molecule has 0 aromatic heterocycles. The van der Waals surface area contributed by atoms with E-state index in [1.807, 2.05) is 0 Å². The lowest BCUT2D eigenvalue weighted by Gasteiger charge is -2.09. The Hall–Kier alpha value is -1.08. The molecule has 0 saturated heterocycles. The van der Waals surface area contributed by atoms with E-state index in [4.69, 9.17) is 20.9 Å². The van der Waals surface area contributed by atoms with Crippen LogP contribution in [0.25, 0.3) is 0 Å². The molecule has 0 bridgehead atoms. The average molecular weight is 378 g/mol. The van der Waals surface area contributed by atoms with E-state index in [1.165, 1.54) is 30.3 Å². The molecule has 0 heterocycles. The Balaban J connectivity index is 2.31. The lowest BCUT2D eigenvalue weighted by atomic mass is 10.2. The van der Waals surface area contributed by atoms with Gasteiger partial charge in [0.25, 0.3) is 0 Å². The van der Waals surface area contributed by atoms with Crippen LogP contribution in [-0.2, 0) is 16.7 Å². The van der Waals surface area contributed by atoms with Crippen molar-refractivity contribution in [2.45, 2.75) is 11.5 Å². The largest absolute Gasteiger partial charge is 0.392 e. The first-order chi connectivity index (χ1) is 9.42. The molecule has 4 nitrogen and oxygen atoms in total. The summed E-state index contributed by atoms with van der Waals surface area (Å²) in [6.07, 6.45) is 0. The number of aliphatic hydroxyl groups excluding tert-OH is 1. The smallest absolute Gasteiger partial charge is 0.339 e. The van der Waals surface area contributed by atoms with Crippen molar-refractivity contribution < 1.29 is 17.7 Å². The summed E-state index contributed by atoms with van der Waals surface area (Å²) < 4.78 is 29.7. The highest BCUT2D eigenvalue weighted by Gasteiger charge is 2.18. The molecular formula is C13H10BrClO4S. The van der Waals surface area contributed by atoms with Gasteiger partial charge in [-0.3, -0.25) is 0 Å². The van der Waals surface area contributed by atoms with Crippen LogP contribution in [0.2, 0.25) is 5.02 Å². The summed E-state index contributed by atoms with van der Waals surface area (Å²) in [5.74, 6) is 0.150. The third-order valence-corrected chi connectivity index (χ3v) is 4.60. The van der Waals surface area contributed by atoms with Crippen LogP contribution in [0.15, 0.2) is 51.8 Å². The highest BCUT2D eigenvalue weighted by molar-refractivity contribution is 9.10. The van der Waals surface area contributed by atoms with Gasteiger partial charge < -0.3 is 9.29 Å². The van der Waals surface area contributed by atoms with Crippen LogP contribution < -0.4 is 4.18 Å². The van der Waals surface area contributed by atoms with Crippen molar-refractivity contribution in [3.63, 3.8) is 0 Å². The molecule has 2 aromatic rings. The molecule has 0 saturated carbocycles. The summed E-state index contributed by atoms with van der Waals surface area (Å²) in [4.78, 5) is 0.0139. The highest BCUT2D eigenvalue weighted by atomic mass is 79.9. The maximum absolute atomic E-state index is 12.1. The van der Waals surface area contributed by atoms with Crippen molar-refractivity contribution in [2.75, 3.05) is 0 Å². The SMILES string of the molecule is O=S(=O)(Oc1ccc(CO)cc1Br)c1ccc(Cl)cc1. The first-order valence-corrected chi connectivity index (χ1v) is 8.09. The number of benzene rings is 2. The Morgan fingerprint density at radius 2 is 1.80 bits per heavy atom. The van der Waals surface area contributed by atoms with Gasteiger partial charge in [-0.1, -0.05) is 17.7 Å². The maximum Gasteiger partial charge on any atom is 0.339 e. The third kappa shape index (κ3) is 3.52. The lowest BCUT2D eigenvalue weighted by Crippen LogP contribution is -2.10. The first kappa shape index (κ1) is 15.3. The molecule has 2 aromatic carbocycles. The summed E-state index contributed by atoms with van der Waals surface area (Å²) in [7, 11) is -3.92. The fraction of sp³-hybridized carbons (Fsp3) is 0.0769. The fourth-order valence-corrected chi connectivity index (χ4v) is 3.17. The average Bonchev–Trinajstić information content (AvgIpc) is 2.41. The Bertz CT molecular complexity index is 714. The molecule has 0 amide bonds. The van der Waals surface area contributed by atoms with Crippen molar-refractivity contribution in [1.82, 2.24) is 0 Å². The van der Waals surface area contributed by atoms with Crippen LogP contribution in [0.1, 0.15) is 5.56 Å². The zero-order valence-electron chi connectivity index (χ0n) is 10.1. The van der Waals surface area contributed by atoms with Gasteiger partial charge in [0, 0.05) is 5.02 Å². The van der Waals surface area contributed by atoms with Gasteiger partial charge in [0.1, 0.15) is 4.90 Å². The zero-order valence-corrected chi connectivity index (χ0v) is 13.2. The molecule has 2 rings (SSSR count). The van der Waals surface area contributed by atoms with E-state index >= 15 is 0 Å². The van der Waals surface area contributed by atoms with Crippen LogP contribution >= 0.6 is 27.5 Å². The predicted molar refractivity (Wildman–Crippen MR) is 79.3 cm³/mol. The number of hydrogen-bond donors (Lipinski definition) is 1. The van der Waals surface area contributed by atoms with Crippen LogP contribution in [0.4, 0.5) is 0 Å². The Morgan fingerprint density at radius 3 is 2.35 bits per heavy atom. The number of halogens is 2. The molecule has 0 aliphatic carbocycles. The van der Waals surface area contributed by atoms with Gasteiger partial charge in [-0.05, 0) is 57.9 Å². The summed E-state index contributed by atoms with van der Waals surface area (Å²) >= 11 is 8.92. The molecule has 0 fully saturated rings. The lowest BCUT2D eigenvalue weighted by molar-refractivity contribution is 0.281. The normalized spacial score (nSPS) is 11.3. The molecule has 0 atom stereocenters. The fourth-order valence-electron chi connectivity index (χ4n) is 1.48. The van der Waals surface area contributed by atoms with Gasteiger partial charge in [0.15, 0.2) is 5.75 Å². The Labute approximate surface area is 130 Å². The molecule has 0 radical (unpaired) electrons. The van der Waals surface area contributed by atoms with E-state index in [9.17, 15) is 8.42 Å². The van der Waals surface area contributed by atoms with E-state index < -0.39 is 10.1 Å². The molecule has 0 unspecified atom stereocenters. The van der Waals surface area contributed by atoms with Gasteiger partial charge in [0.05, 0.1) is 11.1 Å². The topological polar surface area (TPSA) is 63.6 Å².